The quantitative estimate of drug-likeness (QED) is 0.405. The van der Waals surface area contributed by atoms with Crippen molar-refractivity contribution in [3.05, 3.63) is 108 Å². The molecule has 0 saturated heterocycles. The fourth-order valence-corrected chi connectivity index (χ4v) is 3.46. The molecule has 0 bridgehead atoms. The Hall–Kier alpha value is -3.32. The average molecular weight is 349 g/mol. The maximum atomic E-state index is 3.52. The first-order valence-corrected chi connectivity index (χ1v) is 9.30. The molecule has 1 nitrogen and oxygen atoms in total. The van der Waals surface area contributed by atoms with Crippen molar-refractivity contribution in [3.8, 4) is 22.3 Å². The highest BCUT2D eigenvalue weighted by atomic mass is 14.9. The summed E-state index contributed by atoms with van der Waals surface area (Å²) in [4.78, 5) is 0. The molecule has 0 spiro atoms. The van der Waals surface area contributed by atoms with Crippen LogP contribution in [0, 0.1) is 13.8 Å². The van der Waals surface area contributed by atoms with Crippen LogP contribution in [0.1, 0.15) is 11.1 Å². The molecule has 0 aliphatic carbocycles. The van der Waals surface area contributed by atoms with Crippen molar-refractivity contribution < 1.29 is 0 Å². The standard InChI is InChI=1S/C26H23N/c1-19-8-6-7-11-25(19)26-17-16-24(18-20(26)2)27-23-14-12-22(13-15-23)21-9-4-3-5-10-21/h3-18,27H,1-2H3. The molecule has 0 atom stereocenters. The van der Waals surface area contributed by atoms with Crippen LogP contribution in [0.25, 0.3) is 22.3 Å². The molecule has 0 fully saturated rings. The number of benzene rings is 4. The monoisotopic (exact) mass is 349 g/mol. The summed E-state index contributed by atoms with van der Waals surface area (Å²) >= 11 is 0. The lowest BCUT2D eigenvalue weighted by Crippen LogP contribution is -1.93. The van der Waals surface area contributed by atoms with Crippen LogP contribution >= 0.6 is 0 Å². The summed E-state index contributed by atoms with van der Waals surface area (Å²) in [5.41, 5.74) is 9.84. The van der Waals surface area contributed by atoms with Crippen LogP contribution in [0.2, 0.25) is 0 Å². The Morgan fingerprint density at radius 2 is 1.07 bits per heavy atom. The zero-order chi connectivity index (χ0) is 18.6. The molecule has 1 N–H and O–H groups in total. The van der Waals surface area contributed by atoms with Crippen LogP contribution in [0.4, 0.5) is 11.4 Å². The van der Waals surface area contributed by atoms with E-state index in [0.717, 1.165) is 11.4 Å². The minimum absolute atomic E-state index is 1.10. The van der Waals surface area contributed by atoms with Gasteiger partial charge in [0.1, 0.15) is 0 Å². The molecule has 0 saturated carbocycles. The largest absolute Gasteiger partial charge is 0.356 e. The van der Waals surface area contributed by atoms with Crippen molar-refractivity contribution in [2.75, 3.05) is 5.32 Å². The van der Waals surface area contributed by atoms with Crippen molar-refractivity contribution in [2.24, 2.45) is 0 Å². The zero-order valence-corrected chi connectivity index (χ0v) is 15.7. The highest BCUT2D eigenvalue weighted by Crippen LogP contribution is 2.30. The predicted molar refractivity (Wildman–Crippen MR) is 117 cm³/mol. The van der Waals surface area contributed by atoms with Gasteiger partial charge in [-0.05, 0) is 71.5 Å². The van der Waals surface area contributed by atoms with Gasteiger partial charge in [0.2, 0.25) is 0 Å². The first kappa shape index (κ1) is 17.1. The Morgan fingerprint density at radius 3 is 1.78 bits per heavy atom. The van der Waals surface area contributed by atoms with Gasteiger partial charge in [-0.2, -0.15) is 0 Å². The summed E-state index contributed by atoms with van der Waals surface area (Å²) in [5.74, 6) is 0. The molecule has 0 aliphatic rings. The second-order valence-electron chi connectivity index (χ2n) is 6.91. The van der Waals surface area contributed by atoms with Gasteiger partial charge in [-0.25, -0.2) is 0 Å². The van der Waals surface area contributed by atoms with Gasteiger partial charge in [-0.15, -0.1) is 0 Å². The molecule has 0 radical (unpaired) electrons. The Balaban J connectivity index is 1.55. The number of aryl methyl sites for hydroxylation is 2. The average Bonchev–Trinajstić information content (AvgIpc) is 2.70. The molecule has 0 unspecified atom stereocenters. The fraction of sp³-hybridized carbons (Fsp3) is 0.0769. The summed E-state index contributed by atoms with van der Waals surface area (Å²) in [6.45, 7) is 4.33. The van der Waals surface area contributed by atoms with E-state index in [0.29, 0.717) is 0 Å². The number of hydrogen-bond donors (Lipinski definition) is 1. The summed E-state index contributed by atoms with van der Waals surface area (Å²) in [5, 5.41) is 3.52. The number of anilines is 2. The van der Waals surface area contributed by atoms with E-state index in [2.05, 4.69) is 110 Å². The van der Waals surface area contributed by atoms with E-state index in [9.17, 15) is 0 Å². The summed E-state index contributed by atoms with van der Waals surface area (Å²) in [7, 11) is 0. The molecule has 4 rings (SSSR count). The highest BCUT2D eigenvalue weighted by Gasteiger charge is 2.06. The van der Waals surface area contributed by atoms with Crippen molar-refractivity contribution >= 4 is 11.4 Å². The third-order valence-corrected chi connectivity index (χ3v) is 4.94. The van der Waals surface area contributed by atoms with Crippen LogP contribution in [0.3, 0.4) is 0 Å². The molecule has 132 valence electrons. The van der Waals surface area contributed by atoms with E-state index in [1.807, 2.05) is 6.07 Å². The molecule has 0 heterocycles. The third-order valence-electron chi connectivity index (χ3n) is 4.94. The summed E-state index contributed by atoms with van der Waals surface area (Å²) in [6.07, 6.45) is 0. The smallest absolute Gasteiger partial charge is 0.0387 e. The SMILES string of the molecule is Cc1ccccc1-c1ccc(Nc2ccc(-c3ccccc3)cc2)cc1C. The number of rotatable bonds is 4. The predicted octanol–water partition coefficient (Wildman–Crippen LogP) is 7.38. The van der Waals surface area contributed by atoms with Gasteiger partial charge in [0.15, 0.2) is 0 Å². The van der Waals surface area contributed by atoms with Crippen LogP contribution in [-0.4, -0.2) is 0 Å². The minimum Gasteiger partial charge on any atom is -0.356 e. The van der Waals surface area contributed by atoms with E-state index in [4.69, 9.17) is 0 Å². The zero-order valence-electron chi connectivity index (χ0n) is 15.7. The number of hydrogen-bond acceptors (Lipinski definition) is 1. The molecular weight excluding hydrogens is 326 g/mol. The lowest BCUT2D eigenvalue weighted by atomic mass is 9.96. The molecule has 1 heteroatoms. The van der Waals surface area contributed by atoms with Gasteiger partial charge in [0, 0.05) is 11.4 Å². The Bertz CT molecular complexity index is 1050. The van der Waals surface area contributed by atoms with Gasteiger partial charge in [0.05, 0.1) is 0 Å². The molecule has 0 aromatic heterocycles. The van der Waals surface area contributed by atoms with Crippen LogP contribution in [0.15, 0.2) is 97.1 Å². The second-order valence-corrected chi connectivity index (χ2v) is 6.91. The third kappa shape index (κ3) is 3.78. The Morgan fingerprint density at radius 1 is 0.481 bits per heavy atom. The van der Waals surface area contributed by atoms with Crippen LogP contribution in [0.5, 0.6) is 0 Å². The molecular formula is C26H23N. The van der Waals surface area contributed by atoms with Crippen molar-refractivity contribution in [1.82, 2.24) is 0 Å². The van der Waals surface area contributed by atoms with Crippen molar-refractivity contribution in [3.63, 3.8) is 0 Å². The van der Waals surface area contributed by atoms with Gasteiger partial charge in [0.25, 0.3) is 0 Å². The lowest BCUT2D eigenvalue weighted by Gasteiger charge is -2.13. The topological polar surface area (TPSA) is 12.0 Å². The number of nitrogens with one attached hydrogen (secondary N) is 1. The first-order valence-electron chi connectivity index (χ1n) is 9.30. The van der Waals surface area contributed by atoms with Crippen LogP contribution in [-0.2, 0) is 0 Å². The minimum atomic E-state index is 1.10. The van der Waals surface area contributed by atoms with Crippen molar-refractivity contribution in [1.29, 1.82) is 0 Å². The van der Waals surface area contributed by atoms with E-state index in [-0.39, 0.29) is 0 Å². The van der Waals surface area contributed by atoms with Gasteiger partial charge in [-0.3, -0.25) is 0 Å². The van der Waals surface area contributed by atoms with E-state index in [1.165, 1.54) is 33.4 Å². The fourth-order valence-electron chi connectivity index (χ4n) is 3.46. The van der Waals surface area contributed by atoms with Gasteiger partial charge in [-0.1, -0.05) is 72.8 Å². The Kier molecular flexibility index (Phi) is 4.76. The maximum Gasteiger partial charge on any atom is 0.0387 e. The van der Waals surface area contributed by atoms with E-state index < -0.39 is 0 Å². The molecule has 4 aromatic rings. The molecule has 27 heavy (non-hydrogen) atoms. The second kappa shape index (κ2) is 7.51. The van der Waals surface area contributed by atoms with Crippen molar-refractivity contribution in [2.45, 2.75) is 13.8 Å². The summed E-state index contributed by atoms with van der Waals surface area (Å²) in [6, 6.07) is 34.1. The van der Waals surface area contributed by atoms with Gasteiger partial charge < -0.3 is 5.32 Å². The van der Waals surface area contributed by atoms with Crippen LogP contribution < -0.4 is 5.32 Å². The van der Waals surface area contributed by atoms with E-state index in [1.54, 1.807) is 0 Å². The normalized spacial score (nSPS) is 10.6. The lowest BCUT2D eigenvalue weighted by molar-refractivity contribution is 1.40. The summed E-state index contributed by atoms with van der Waals surface area (Å²) < 4.78 is 0. The molecule has 4 aromatic carbocycles. The Labute approximate surface area is 161 Å². The highest BCUT2D eigenvalue weighted by molar-refractivity contribution is 5.74. The maximum absolute atomic E-state index is 3.52. The van der Waals surface area contributed by atoms with E-state index >= 15 is 0 Å². The first-order chi connectivity index (χ1) is 13.2. The molecule has 0 amide bonds. The molecule has 0 aliphatic heterocycles. The van der Waals surface area contributed by atoms with Gasteiger partial charge >= 0.3 is 0 Å².